The number of aromatic nitrogens is 3. The van der Waals surface area contributed by atoms with E-state index in [4.69, 9.17) is 10.5 Å². The SMILES string of the molecule is CCn1nncc1NCc1ccc(OC)c(N)c1. The van der Waals surface area contributed by atoms with Crippen molar-refractivity contribution in [3.63, 3.8) is 0 Å². The fourth-order valence-corrected chi connectivity index (χ4v) is 1.71. The Bertz CT molecular complexity index is 523. The van der Waals surface area contributed by atoms with Gasteiger partial charge in [-0.2, -0.15) is 0 Å². The first-order valence-corrected chi connectivity index (χ1v) is 5.79. The quantitative estimate of drug-likeness (QED) is 0.783. The lowest BCUT2D eigenvalue weighted by atomic mass is 10.2. The summed E-state index contributed by atoms with van der Waals surface area (Å²) in [5.74, 6) is 1.59. The summed E-state index contributed by atoms with van der Waals surface area (Å²) >= 11 is 0. The van der Waals surface area contributed by atoms with Gasteiger partial charge in [0.05, 0.1) is 19.0 Å². The monoisotopic (exact) mass is 247 g/mol. The number of ether oxygens (including phenoxy) is 1. The van der Waals surface area contributed by atoms with Gasteiger partial charge >= 0.3 is 0 Å². The summed E-state index contributed by atoms with van der Waals surface area (Å²) in [6, 6.07) is 5.73. The molecule has 0 aliphatic heterocycles. The van der Waals surface area contributed by atoms with Gasteiger partial charge in [0.25, 0.3) is 0 Å². The van der Waals surface area contributed by atoms with Gasteiger partial charge in [-0.05, 0) is 24.6 Å². The molecule has 0 amide bonds. The summed E-state index contributed by atoms with van der Waals surface area (Å²) < 4.78 is 6.92. The van der Waals surface area contributed by atoms with Crippen LogP contribution in [-0.2, 0) is 13.1 Å². The number of nitrogens with two attached hydrogens (primary N) is 1. The Hall–Kier alpha value is -2.24. The van der Waals surface area contributed by atoms with E-state index < -0.39 is 0 Å². The molecule has 0 aliphatic carbocycles. The first-order chi connectivity index (χ1) is 8.74. The fraction of sp³-hybridized carbons (Fsp3) is 0.333. The Labute approximate surface area is 106 Å². The van der Waals surface area contributed by atoms with Crippen LogP contribution in [-0.4, -0.2) is 22.1 Å². The van der Waals surface area contributed by atoms with Gasteiger partial charge in [0.1, 0.15) is 11.6 Å². The van der Waals surface area contributed by atoms with Gasteiger partial charge in [-0.1, -0.05) is 11.3 Å². The van der Waals surface area contributed by atoms with Crippen molar-refractivity contribution in [2.24, 2.45) is 0 Å². The number of hydrogen-bond donors (Lipinski definition) is 2. The predicted molar refractivity (Wildman–Crippen MR) is 70.4 cm³/mol. The maximum Gasteiger partial charge on any atom is 0.145 e. The second kappa shape index (κ2) is 5.39. The Morgan fingerprint density at radius 1 is 1.44 bits per heavy atom. The summed E-state index contributed by atoms with van der Waals surface area (Å²) in [6.45, 7) is 3.47. The lowest BCUT2D eigenvalue weighted by Crippen LogP contribution is -2.07. The number of nitrogen functional groups attached to an aromatic ring is 1. The zero-order valence-corrected chi connectivity index (χ0v) is 10.6. The van der Waals surface area contributed by atoms with E-state index in [1.165, 1.54) is 0 Å². The van der Waals surface area contributed by atoms with Crippen molar-refractivity contribution >= 4 is 11.5 Å². The van der Waals surface area contributed by atoms with Crippen molar-refractivity contribution in [3.8, 4) is 5.75 Å². The molecule has 1 heterocycles. The van der Waals surface area contributed by atoms with E-state index in [1.54, 1.807) is 18.0 Å². The molecule has 0 atom stereocenters. The summed E-state index contributed by atoms with van der Waals surface area (Å²) in [7, 11) is 1.61. The zero-order valence-electron chi connectivity index (χ0n) is 10.6. The van der Waals surface area contributed by atoms with Crippen molar-refractivity contribution < 1.29 is 4.74 Å². The number of aryl methyl sites for hydroxylation is 1. The van der Waals surface area contributed by atoms with Crippen LogP contribution in [0.15, 0.2) is 24.4 Å². The molecule has 0 saturated heterocycles. The number of hydrogen-bond acceptors (Lipinski definition) is 5. The van der Waals surface area contributed by atoms with Crippen LogP contribution in [0.25, 0.3) is 0 Å². The molecule has 0 saturated carbocycles. The first-order valence-electron chi connectivity index (χ1n) is 5.79. The summed E-state index contributed by atoms with van der Waals surface area (Å²) in [4.78, 5) is 0. The van der Waals surface area contributed by atoms with Gasteiger partial charge in [-0.15, -0.1) is 5.10 Å². The van der Waals surface area contributed by atoms with Gasteiger partial charge < -0.3 is 15.8 Å². The maximum atomic E-state index is 5.85. The Kier molecular flexibility index (Phi) is 3.66. The average Bonchev–Trinajstić information content (AvgIpc) is 2.84. The number of methoxy groups -OCH3 is 1. The third-order valence-electron chi connectivity index (χ3n) is 2.68. The molecule has 0 bridgehead atoms. The molecular formula is C12H17N5O. The average molecular weight is 247 g/mol. The Morgan fingerprint density at radius 3 is 2.94 bits per heavy atom. The van der Waals surface area contributed by atoms with Crippen LogP contribution >= 0.6 is 0 Å². The largest absolute Gasteiger partial charge is 0.495 e. The molecule has 0 aliphatic rings. The molecule has 0 radical (unpaired) electrons. The van der Waals surface area contributed by atoms with Crippen LogP contribution in [0.2, 0.25) is 0 Å². The van der Waals surface area contributed by atoms with E-state index in [0.717, 1.165) is 17.9 Å². The van der Waals surface area contributed by atoms with Crippen LogP contribution in [0.4, 0.5) is 11.5 Å². The van der Waals surface area contributed by atoms with Crippen molar-refractivity contribution in [2.45, 2.75) is 20.0 Å². The van der Waals surface area contributed by atoms with Crippen LogP contribution in [0.3, 0.4) is 0 Å². The molecule has 3 N–H and O–H groups in total. The number of benzene rings is 1. The van der Waals surface area contributed by atoms with Crippen LogP contribution in [0.1, 0.15) is 12.5 Å². The molecule has 0 fully saturated rings. The number of nitrogens with zero attached hydrogens (tertiary/aromatic N) is 3. The van der Waals surface area contributed by atoms with Crippen molar-refractivity contribution in [1.82, 2.24) is 15.0 Å². The third-order valence-corrected chi connectivity index (χ3v) is 2.68. The highest BCUT2D eigenvalue weighted by Crippen LogP contribution is 2.22. The number of rotatable bonds is 5. The normalized spacial score (nSPS) is 10.3. The molecule has 18 heavy (non-hydrogen) atoms. The molecule has 1 aromatic carbocycles. The van der Waals surface area contributed by atoms with Crippen molar-refractivity contribution in [1.29, 1.82) is 0 Å². The highest BCUT2D eigenvalue weighted by Gasteiger charge is 2.03. The van der Waals surface area contributed by atoms with E-state index in [1.807, 2.05) is 25.1 Å². The highest BCUT2D eigenvalue weighted by molar-refractivity contribution is 5.54. The molecule has 6 nitrogen and oxygen atoms in total. The van der Waals surface area contributed by atoms with Gasteiger partial charge in [0.15, 0.2) is 0 Å². The van der Waals surface area contributed by atoms with E-state index in [-0.39, 0.29) is 0 Å². The standard InChI is InChI=1S/C12H17N5O/c1-3-17-12(8-15-16-17)14-7-9-4-5-11(18-2)10(13)6-9/h4-6,8,14H,3,7,13H2,1-2H3. The number of anilines is 2. The second-order valence-corrected chi connectivity index (χ2v) is 3.86. The molecule has 6 heteroatoms. The van der Waals surface area contributed by atoms with Crippen molar-refractivity contribution in [2.75, 3.05) is 18.2 Å². The van der Waals surface area contributed by atoms with E-state index >= 15 is 0 Å². The van der Waals surface area contributed by atoms with Crippen LogP contribution < -0.4 is 15.8 Å². The number of nitrogens with one attached hydrogen (secondary N) is 1. The van der Waals surface area contributed by atoms with Gasteiger partial charge in [0, 0.05) is 13.1 Å². The smallest absolute Gasteiger partial charge is 0.145 e. The van der Waals surface area contributed by atoms with Gasteiger partial charge in [0.2, 0.25) is 0 Å². The zero-order chi connectivity index (χ0) is 13.0. The van der Waals surface area contributed by atoms with Gasteiger partial charge in [-0.25, -0.2) is 4.68 Å². The summed E-state index contributed by atoms with van der Waals surface area (Å²) in [5, 5.41) is 11.1. The minimum atomic E-state index is 0.638. The first kappa shape index (κ1) is 12.2. The van der Waals surface area contributed by atoms with Crippen molar-refractivity contribution in [3.05, 3.63) is 30.0 Å². The molecule has 96 valence electrons. The molecular weight excluding hydrogens is 230 g/mol. The highest BCUT2D eigenvalue weighted by atomic mass is 16.5. The topological polar surface area (TPSA) is 78.0 Å². The fourth-order valence-electron chi connectivity index (χ4n) is 1.71. The third kappa shape index (κ3) is 2.53. The lowest BCUT2D eigenvalue weighted by Gasteiger charge is -2.09. The van der Waals surface area contributed by atoms with E-state index in [2.05, 4.69) is 15.6 Å². The Balaban J connectivity index is 2.04. The van der Waals surface area contributed by atoms with E-state index in [0.29, 0.717) is 18.0 Å². The second-order valence-electron chi connectivity index (χ2n) is 3.86. The summed E-state index contributed by atoms with van der Waals surface area (Å²) in [5.41, 5.74) is 7.57. The molecule has 0 spiro atoms. The van der Waals surface area contributed by atoms with Crippen LogP contribution in [0.5, 0.6) is 5.75 Å². The lowest BCUT2D eigenvalue weighted by molar-refractivity contribution is 0.417. The Morgan fingerprint density at radius 2 is 2.28 bits per heavy atom. The van der Waals surface area contributed by atoms with E-state index in [9.17, 15) is 0 Å². The molecule has 0 unspecified atom stereocenters. The van der Waals surface area contributed by atoms with Crippen LogP contribution in [0, 0.1) is 0 Å². The van der Waals surface area contributed by atoms with Gasteiger partial charge in [-0.3, -0.25) is 0 Å². The molecule has 1 aromatic heterocycles. The maximum absolute atomic E-state index is 5.85. The predicted octanol–water partition coefficient (Wildman–Crippen LogP) is 1.50. The molecule has 2 rings (SSSR count). The minimum absolute atomic E-state index is 0.638. The molecule has 2 aromatic rings. The summed E-state index contributed by atoms with van der Waals surface area (Å²) in [6.07, 6.45) is 1.70. The minimum Gasteiger partial charge on any atom is -0.495 e.